The molecule has 1 rings (SSSR count). The van der Waals surface area contributed by atoms with Crippen LogP contribution in [0.4, 0.5) is 0 Å². The van der Waals surface area contributed by atoms with E-state index in [4.69, 9.17) is 4.66 Å². The second-order valence-electron chi connectivity index (χ2n) is 7.72. The third-order valence-electron chi connectivity index (χ3n) is 4.21. The summed E-state index contributed by atoms with van der Waals surface area (Å²) in [5.74, 6) is -0.104. The molecule has 1 atom stereocenters. The molecule has 0 aliphatic heterocycles. The highest BCUT2D eigenvalue weighted by Crippen LogP contribution is 2.37. The maximum atomic E-state index is 11.0. The Morgan fingerprint density at radius 3 is 2.36 bits per heavy atom. The van der Waals surface area contributed by atoms with Gasteiger partial charge in [0.1, 0.15) is 11.3 Å². The third-order valence-corrected chi connectivity index (χ3v) is 10.1. The quantitative estimate of drug-likeness (QED) is 0.481. The predicted molar refractivity (Wildman–Crippen MR) is 96.5 cm³/mol. The molecule has 1 N–H and O–H groups in total. The second-order valence-corrected chi connectivity index (χ2v) is 13.7. The smallest absolute Gasteiger partial charge is 0.180 e. The highest BCUT2D eigenvalue weighted by molar-refractivity contribution is 7.12. The Hall–Kier alpha value is -0.853. The van der Waals surface area contributed by atoms with Gasteiger partial charge in [0.05, 0.1) is 16.4 Å². The van der Waals surface area contributed by atoms with Gasteiger partial charge in [0, 0.05) is 12.6 Å². The van der Waals surface area contributed by atoms with Crippen molar-refractivity contribution < 1.29 is 9.90 Å². The summed E-state index contributed by atoms with van der Waals surface area (Å²) in [4.78, 5) is 16.2. The maximum Gasteiger partial charge on any atom is 0.180 e. The normalized spacial score (nSPS) is 15.3. The van der Waals surface area contributed by atoms with Crippen LogP contribution in [0.15, 0.2) is 10.9 Å². The monoisotopic (exact) mass is 340 g/mol. The number of aldehydes is 1. The highest BCUT2D eigenvalue weighted by atomic mass is 32.1. The number of thiazole rings is 1. The van der Waals surface area contributed by atoms with Crippen LogP contribution in [0.25, 0.3) is 0 Å². The number of aliphatic hydroxyl groups is 1. The van der Waals surface area contributed by atoms with E-state index in [1.54, 1.807) is 20.0 Å². The summed E-state index contributed by atoms with van der Waals surface area (Å²) in [6.07, 6.45) is 4.88. The van der Waals surface area contributed by atoms with Crippen molar-refractivity contribution in [1.82, 2.24) is 4.98 Å². The summed E-state index contributed by atoms with van der Waals surface area (Å²) < 4.78 is 4.85. The van der Waals surface area contributed by atoms with Crippen molar-refractivity contribution in [1.29, 1.82) is 0 Å². The van der Waals surface area contributed by atoms with Gasteiger partial charge in [0.25, 0.3) is 0 Å². The van der Waals surface area contributed by atoms with E-state index in [2.05, 4.69) is 38.8 Å². The summed E-state index contributed by atoms with van der Waals surface area (Å²) in [5, 5.41) is 11.1. The minimum atomic E-state index is -1.78. The fraction of sp³-hybridized carbons (Fsp3) is 0.688. The molecule has 1 aromatic heterocycles. The first-order valence-corrected chi connectivity index (χ1v) is 11.3. The Morgan fingerprint density at radius 2 is 1.95 bits per heavy atom. The lowest BCUT2D eigenvalue weighted by Gasteiger charge is -2.32. The number of rotatable bonds is 6. The Balaban J connectivity index is 3.05. The summed E-state index contributed by atoms with van der Waals surface area (Å²) in [5.41, 5.74) is -0.905. The van der Waals surface area contributed by atoms with Crippen molar-refractivity contribution in [2.45, 2.75) is 70.7 Å². The van der Waals surface area contributed by atoms with Gasteiger partial charge in [-0.15, -0.1) is 11.3 Å². The largest absolute Gasteiger partial charge is 0.385 e. The SMILES string of the molecule is CC(C)(O)c1cnc(C(/C=N\[Si](C)(C)C(C)(C)C)CC=O)s1. The van der Waals surface area contributed by atoms with Crippen molar-refractivity contribution in [3.63, 3.8) is 0 Å². The topological polar surface area (TPSA) is 62.6 Å². The number of hydrogen-bond donors (Lipinski definition) is 1. The summed E-state index contributed by atoms with van der Waals surface area (Å²) >= 11 is 1.45. The first-order chi connectivity index (χ1) is 9.88. The maximum absolute atomic E-state index is 11.0. The van der Waals surface area contributed by atoms with Crippen molar-refractivity contribution >= 4 is 32.1 Å². The van der Waals surface area contributed by atoms with Crippen molar-refractivity contribution in [3.8, 4) is 0 Å². The summed E-state index contributed by atoms with van der Waals surface area (Å²) in [6, 6.07) is 0. The van der Waals surface area contributed by atoms with E-state index in [1.165, 1.54) is 11.3 Å². The van der Waals surface area contributed by atoms with E-state index in [0.717, 1.165) is 16.2 Å². The zero-order valence-corrected chi connectivity index (χ0v) is 16.5. The van der Waals surface area contributed by atoms with E-state index < -0.39 is 13.8 Å². The van der Waals surface area contributed by atoms with Gasteiger partial charge < -0.3 is 14.6 Å². The number of nitrogens with zero attached hydrogens (tertiary/aromatic N) is 2. The Morgan fingerprint density at radius 1 is 1.36 bits per heavy atom. The van der Waals surface area contributed by atoms with E-state index in [9.17, 15) is 9.90 Å². The molecular formula is C16H28N2O2SSi. The number of aromatic nitrogens is 1. The molecule has 0 aliphatic carbocycles. The van der Waals surface area contributed by atoms with Crippen molar-refractivity contribution in [2.75, 3.05) is 0 Å². The Labute approximate surface area is 138 Å². The van der Waals surface area contributed by atoms with Crippen LogP contribution in [-0.4, -0.2) is 30.8 Å². The van der Waals surface area contributed by atoms with Crippen molar-refractivity contribution in [2.24, 2.45) is 4.66 Å². The first-order valence-electron chi connectivity index (χ1n) is 7.56. The molecule has 124 valence electrons. The Kier molecular flexibility index (Phi) is 5.86. The molecule has 0 amide bonds. The number of carbonyl (C=O) groups excluding carboxylic acids is 1. The van der Waals surface area contributed by atoms with Crippen LogP contribution in [0.1, 0.15) is 56.8 Å². The summed E-state index contributed by atoms with van der Waals surface area (Å²) in [7, 11) is -1.78. The molecule has 0 bridgehead atoms. The van der Waals surface area contributed by atoms with Gasteiger partial charge in [-0.2, -0.15) is 0 Å². The van der Waals surface area contributed by atoms with E-state index >= 15 is 0 Å². The van der Waals surface area contributed by atoms with Crippen LogP contribution in [0.3, 0.4) is 0 Å². The molecule has 0 radical (unpaired) electrons. The predicted octanol–water partition coefficient (Wildman–Crippen LogP) is 4.12. The van der Waals surface area contributed by atoms with E-state index in [1.807, 2.05) is 6.21 Å². The van der Waals surface area contributed by atoms with Crippen LogP contribution in [0, 0.1) is 0 Å². The first kappa shape index (κ1) is 19.2. The fourth-order valence-electron chi connectivity index (χ4n) is 1.54. The molecule has 22 heavy (non-hydrogen) atoms. The van der Waals surface area contributed by atoms with Crippen LogP contribution >= 0.6 is 11.3 Å². The minimum absolute atomic E-state index is 0.104. The second kappa shape index (κ2) is 6.72. The van der Waals surface area contributed by atoms with Gasteiger partial charge in [-0.3, -0.25) is 0 Å². The molecule has 6 heteroatoms. The highest BCUT2D eigenvalue weighted by Gasteiger charge is 2.35. The van der Waals surface area contributed by atoms with Gasteiger partial charge in [-0.25, -0.2) is 4.98 Å². The van der Waals surface area contributed by atoms with Crippen LogP contribution in [0.2, 0.25) is 18.1 Å². The van der Waals surface area contributed by atoms with E-state index in [-0.39, 0.29) is 11.0 Å². The minimum Gasteiger partial charge on any atom is -0.385 e. The lowest BCUT2D eigenvalue weighted by Crippen LogP contribution is -2.35. The van der Waals surface area contributed by atoms with E-state index in [0.29, 0.717) is 6.42 Å². The van der Waals surface area contributed by atoms with Gasteiger partial charge in [-0.05, 0) is 38.2 Å². The molecule has 0 aliphatic rings. The van der Waals surface area contributed by atoms with Crippen LogP contribution in [-0.2, 0) is 10.4 Å². The lowest BCUT2D eigenvalue weighted by atomic mass is 10.1. The zero-order valence-electron chi connectivity index (χ0n) is 14.7. The molecule has 1 unspecified atom stereocenters. The molecule has 0 aromatic carbocycles. The molecule has 0 spiro atoms. The molecule has 0 fully saturated rings. The molecule has 0 saturated carbocycles. The average Bonchev–Trinajstić information content (AvgIpc) is 2.82. The van der Waals surface area contributed by atoms with Gasteiger partial charge >= 0.3 is 0 Å². The molecule has 4 nitrogen and oxygen atoms in total. The zero-order chi connectivity index (χ0) is 17.2. The molecule has 0 saturated heterocycles. The van der Waals surface area contributed by atoms with Crippen molar-refractivity contribution in [3.05, 3.63) is 16.1 Å². The Bertz CT molecular complexity index is 539. The number of carbonyl (C=O) groups is 1. The molecular weight excluding hydrogens is 312 g/mol. The summed E-state index contributed by atoms with van der Waals surface area (Å²) in [6.45, 7) is 14.6. The van der Waals surface area contributed by atoms with Gasteiger partial charge in [0.15, 0.2) is 8.24 Å². The average molecular weight is 341 g/mol. The molecule has 1 aromatic rings. The van der Waals surface area contributed by atoms with Gasteiger partial charge in [0.2, 0.25) is 0 Å². The third kappa shape index (κ3) is 4.83. The van der Waals surface area contributed by atoms with Gasteiger partial charge in [-0.1, -0.05) is 20.8 Å². The lowest BCUT2D eigenvalue weighted by molar-refractivity contribution is -0.107. The fourth-order valence-corrected chi connectivity index (χ4v) is 3.48. The van der Waals surface area contributed by atoms with Crippen LogP contribution in [0.5, 0.6) is 0 Å². The standard InChI is InChI=1S/C16H28N2O2SSi/c1-15(2,3)22(6,7)18-10-12(8-9-19)14-17-11-13(21-14)16(4,5)20/h9-12,20H,8H2,1-7H3/b18-10-. The van der Waals surface area contributed by atoms with Crippen LogP contribution < -0.4 is 0 Å². The number of hydrogen-bond acceptors (Lipinski definition) is 5. The molecule has 1 heterocycles.